The molecule has 1 amide bonds. The first kappa shape index (κ1) is 13.5. The maximum atomic E-state index is 12.6. The zero-order valence-corrected chi connectivity index (χ0v) is 12.1. The number of carbonyl (C=O) groups excluding carboxylic acids is 1. The van der Waals surface area contributed by atoms with Crippen molar-refractivity contribution in [3.05, 3.63) is 11.7 Å². The summed E-state index contributed by atoms with van der Waals surface area (Å²) in [5, 5.41) is 3.96. The molecule has 3 rings (SSSR count). The van der Waals surface area contributed by atoms with Gasteiger partial charge in [-0.25, -0.2) is 0 Å². The SMILES string of the molecule is CN(Cc1noc(C2CC2)n1)C(=O)C1(C)CCOCC1. The summed E-state index contributed by atoms with van der Waals surface area (Å²) in [5.41, 5.74) is -0.323. The van der Waals surface area contributed by atoms with Crippen LogP contribution in [0.5, 0.6) is 0 Å². The van der Waals surface area contributed by atoms with Crippen molar-refractivity contribution in [1.29, 1.82) is 0 Å². The van der Waals surface area contributed by atoms with Gasteiger partial charge in [0.05, 0.1) is 12.0 Å². The van der Waals surface area contributed by atoms with Crippen LogP contribution >= 0.6 is 0 Å². The van der Waals surface area contributed by atoms with E-state index in [1.807, 2.05) is 6.92 Å². The topological polar surface area (TPSA) is 68.5 Å². The zero-order valence-electron chi connectivity index (χ0n) is 12.1. The average molecular weight is 279 g/mol. The number of ether oxygens (including phenoxy) is 1. The molecule has 0 radical (unpaired) electrons. The van der Waals surface area contributed by atoms with E-state index in [0.29, 0.717) is 31.5 Å². The van der Waals surface area contributed by atoms with Crippen molar-refractivity contribution >= 4 is 5.91 Å². The van der Waals surface area contributed by atoms with Crippen molar-refractivity contribution in [3.8, 4) is 0 Å². The van der Waals surface area contributed by atoms with Crippen molar-refractivity contribution in [2.75, 3.05) is 20.3 Å². The van der Waals surface area contributed by atoms with E-state index in [2.05, 4.69) is 10.1 Å². The van der Waals surface area contributed by atoms with E-state index in [1.54, 1.807) is 11.9 Å². The molecular weight excluding hydrogens is 258 g/mol. The molecule has 110 valence electrons. The molecule has 0 atom stereocenters. The molecule has 20 heavy (non-hydrogen) atoms. The molecule has 1 saturated carbocycles. The Hall–Kier alpha value is -1.43. The van der Waals surface area contributed by atoms with Gasteiger partial charge >= 0.3 is 0 Å². The van der Waals surface area contributed by atoms with Crippen LogP contribution in [0, 0.1) is 5.41 Å². The summed E-state index contributed by atoms with van der Waals surface area (Å²) in [7, 11) is 1.80. The smallest absolute Gasteiger partial charge is 0.229 e. The Morgan fingerprint density at radius 3 is 2.75 bits per heavy atom. The summed E-state index contributed by atoms with van der Waals surface area (Å²) in [6.07, 6.45) is 3.81. The Morgan fingerprint density at radius 2 is 2.10 bits per heavy atom. The van der Waals surface area contributed by atoms with Crippen LogP contribution in [0.25, 0.3) is 0 Å². The Kier molecular flexibility index (Phi) is 3.50. The second-order valence-electron chi connectivity index (χ2n) is 6.16. The summed E-state index contributed by atoms with van der Waals surface area (Å²) in [4.78, 5) is 18.6. The van der Waals surface area contributed by atoms with Gasteiger partial charge in [-0.05, 0) is 25.7 Å². The predicted octanol–water partition coefficient (Wildman–Crippen LogP) is 1.72. The summed E-state index contributed by atoms with van der Waals surface area (Å²) >= 11 is 0. The molecule has 6 nitrogen and oxygen atoms in total. The maximum absolute atomic E-state index is 12.6. The molecule has 1 aromatic rings. The fourth-order valence-corrected chi connectivity index (χ4v) is 2.61. The predicted molar refractivity (Wildman–Crippen MR) is 70.9 cm³/mol. The van der Waals surface area contributed by atoms with Gasteiger partial charge in [-0.3, -0.25) is 4.79 Å². The molecule has 2 fully saturated rings. The number of nitrogens with zero attached hydrogens (tertiary/aromatic N) is 3. The second-order valence-corrected chi connectivity index (χ2v) is 6.16. The molecule has 0 bridgehead atoms. The van der Waals surface area contributed by atoms with Gasteiger partial charge in [0.1, 0.15) is 0 Å². The third kappa shape index (κ3) is 2.70. The molecular formula is C14H21N3O3. The fraction of sp³-hybridized carbons (Fsp3) is 0.786. The van der Waals surface area contributed by atoms with Gasteiger partial charge in [0.2, 0.25) is 11.8 Å². The zero-order chi connectivity index (χ0) is 14.2. The summed E-state index contributed by atoms with van der Waals surface area (Å²) in [6, 6.07) is 0. The minimum atomic E-state index is -0.323. The van der Waals surface area contributed by atoms with Crippen LogP contribution in [0.1, 0.15) is 50.2 Å². The molecule has 1 aliphatic heterocycles. The highest BCUT2D eigenvalue weighted by molar-refractivity contribution is 5.82. The van der Waals surface area contributed by atoms with Crippen LogP contribution in [-0.2, 0) is 16.1 Å². The van der Waals surface area contributed by atoms with Gasteiger partial charge < -0.3 is 14.2 Å². The Morgan fingerprint density at radius 1 is 1.40 bits per heavy atom. The molecule has 2 heterocycles. The number of aromatic nitrogens is 2. The number of hydrogen-bond donors (Lipinski definition) is 0. The van der Waals surface area contributed by atoms with Crippen LogP contribution < -0.4 is 0 Å². The summed E-state index contributed by atoms with van der Waals surface area (Å²) in [6.45, 7) is 3.74. The minimum absolute atomic E-state index is 0.138. The molecule has 1 aromatic heterocycles. The number of amides is 1. The first-order valence-electron chi connectivity index (χ1n) is 7.24. The van der Waals surface area contributed by atoms with E-state index in [0.717, 1.165) is 31.6 Å². The van der Waals surface area contributed by atoms with Gasteiger partial charge in [0, 0.05) is 26.2 Å². The number of rotatable bonds is 4. The lowest BCUT2D eigenvalue weighted by molar-refractivity contribution is -0.145. The third-order valence-electron chi connectivity index (χ3n) is 4.25. The molecule has 0 N–H and O–H groups in total. The van der Waals surface area contributed by atoms with Gasteiger partial charge in [0.15, 0.2) is 5.82 Å². The third-order valence-corrected chi connectivity index (χ3v) is 4.25. The first-order chi connectivity index (χ1) is 9.58. The normalized spacial score (nSPS) is 21.7. The average Bonchev–Trinajstić information content (AvgIpc) is 3.19. The van der Waals surface area contributed by atoms with Gasteiger partial charge in [-0.2, -0.15) is 4.98 Å². The molecule has 1 saturated heterocycles. The van der Waals surface area contributed by atoms with Crippen molar-refractivity contribution in [2.45, 2.75) is 45.1 Å². The summed E-state index contributed by atoms with van der Waals surface area (Å²) < 4.78 is 10.6. The maximum Gasteiger partial charge on any atom is 0.229 e. The van der Waals surface area contributed by atoms with E-state index >= 15 is 0 Å². The minimum Gasteiger partial charge on any atom is -0.381 e. The van der Waals surface area contributed by atoms with Gasteiger partial charge in [-0.1, -0.05) is 12.1 Å². The van der Waals surface area contributed by atoms with Crippen LogP contribution in [0.2, 0.25) is 0 Å². The van der Waals surface area contributed by atoms with E-state index in [9.17, 15) is 4.79 Å². The molecule has 2 aliphatic rings. The van der Waals surface area contributed by atoms with Crippen molar-refractivity contribution in [1.82, 2.24) is 15.0 Å². The second kappa shape index (κ2) is 5.16. The van der Waals surface area contributed by atoms with E-state index in [4.69, 9.17) is 9.26 Å². The first-order valence-corrected chi connectivity index (χ1v) is 7.24. The van der Waals surface area contributed by atoms with Crippen molar-refractivity contribution in [3.63, 3.8) is 0 Å². The van der Waals surface area contributed by atoms with Crippen molar-refractivity contribution in [2.24, 2.45) is 5.41 Å². The lowest BCUT2D eigenvalue weighted by atomic mass is 9.81. The number of hydrogen-bond acceptors (Lipinski definition) is 5. The highest BCUT2D eigenvalue weighted by Gasteiger charge is 2.37. The van der Waals surface area contributed by atoms with Crippen LogP contribution in [0.3, 0.4) is 0 Å². The highest BCUT2D eigenvalue weighted by Crippen LogP contribution is 2.39. The van der Waals surface area contributed by atoms with Crippen LogP contribution in [-0.4, -0.2) is 41.2 Å². The standard InChI is InChI=1S/C14H21N3O3/c1-14(5-7-19-8-6-14)13(18)17(2)9-11-15-12(20-16-11)10-3-4-10/h10H,3-9H2,1-2H3. The van der Waals surface area contributed by atoms with Gasteiger partial charge in [0.25, 0.3) is 0 Å². The van der Waals surface area contributed by atoms with E-state index in [1.165, 1.54) is 0 Å². The van der Waals surface area contributed by atoms with Crippen molar-refractivity contribution < 1.29 is 14.1 Å². The molecule has 0 unspecified atom stereocenters. The highest BCUT2D eigenvalue weighted by atomic mass is 16.5. The molecule has 0 aromatic carbocycles. The number of carbonyl (C=O) groups is 1. The van der Waals surface area contributed by atoms with Crippen LogP contribution in [0.15, 0.2) is 4.52 Å². The fourth-order valence-electron chi connectivity index (χ4n) is 2.61. The van der Waals surface area contributed by atoms with E-state index in [-0.39, 0.29) is 11.3 Å². The van der Waals surface area contributed by atoms with E-state index < -0.39 is 0 Å². The lowest BCUT2D eigenvalue weighted by Crippen LogP contribution is -2.43. The Bertz CT molecular complexity index is 490. The molecule has 0 spiro atoms. The molecule has 6 heteroatoms. The molecule has 1 aliphatic carbocycles. The van der Waals surface area contributed by atoms with Gasteiger partial charge in [-0.15, -0.1) is 0 Å². The lowest BCUT2D eigenvalue weighted by Gasteiger charge is -2.35. The quantitative estimate of drug-likeness (QED) is 0.839. The van der Waals surface area contributed by atoms with Crippen LogP contribution in [0.4, 0.5) is 0 Å². The Labute approximate surface area is 118 Å². The summed E-state index contributed by atoms with van der Waals surface area (Å²) in [5.74, 6) is 1.90. The Balaban J connectivity index is 1.62. The monoisotopic (exact) mass is 279 g/mol. The largest absolute Gasteiger partial charge is 0.381 e.